The van der Waals surface area contributed by atoms with Gasteiger partial charge in [0.25, 0.3) is 0 Å². The summed E-state index contributed by atoms with van der Waals surface area (Å²) in [5, 5.41) is 12.4. The van der Waals surface area contributed by atoms with Gasteiger partial charge in [-0.05, 0) is 48.4 Å². The fraction of sp³-hybridized carbons (Fsp3) is 0.462. The molecule has 0 aliphatic heterocycles. The largest absolute Gasteiger partial charge is 0.496 e. The van der Waals surface area contributed by atoms with Crippen molar-refractivity contribution < 1.29 is 4.74 Å². The van der Waals surface area contributed by atoms with Crippen LogP contribution in [0.25, 0.3) is 5.69 Å². The Morgan fingerprint density at radius 2 is 2.21 bits per heavy atom. The number of nitrogens with two attached hydrogens (primary N) is 1. The second-order valence-corrected chi connectivity index (χ2v) is 4.24. The molecule has 1 aromatic heterocycles. The molecule has 1 aromatic carbocycles. The molecule has 0 aliphatic carbocycles. The van der Waals surface area contributed by atoms with E-state index in [1.165, 1.54) is 0 Å². The first-order valence-electron chi connectivity index (χ1n) is 6.44. The van der Waals surface area contributed by atoms with Gasteiger partial charge < -0.3 is 10.5 Å². The molecule has 19 heavy (non-hydrogen) atoms. The Morgan fingerprint density at radius 1 is 1.37 bits per heavy atom. The van der Waals surface area contributed by atoms with Crippen molar-refractivity contribution in [2.75, 3.05) is 13.7 Å². The van der Waals surface area contributed by atoms with Gasteiger partial charge in [-0.1, -0.05) is 6.92 Å². The molecule has 2 rings (SSSR count). The van der Waals surface area contributed by atoms with E-state index < -0.39 is 0 Å². The van der Waals surface area contributed by atoms with Gasteiger partial charge >= 0.3 is 0 Å². The summed E-state index contributed by atoms with van der Waals surface area (Å²) in [5.41, 5.74) is 7.49. The van der Waals surface area contributed by atoms with E-state index in [9.17, 15) is 0 Å². The summed E-state index contributed by atoms with van der Waals surface area (Å²) in [4.78, 5) is 1.55. The zero-order valence-corrected chi connectivity index (χ0v) is 11.3. The Balaban J connectivity index is 2.23. The SMILES string of the molecule is CCc1cc(-n2nnc(CCCN)n2)ccc1OC. The van der Waals surface area contributed by atoms with Gasteiger partial charge in [-0.25, -0.2) is 0 Å². The lowest BCUT2D eigenvalue weighted by Gasteiger charge is -2.07. The molecular formula is C13H19N5O. The van der Waals surface area contributed by atoms with Gasteiger partial charge in [-0.15, -0.1) is 15.0 Å². The molecule has 0 radical (unpaired) electrons. The topological polar surface area (TPSA) is 78.9 Å². The summed E-state index contributed by atoms with van der Waals surface area (Å²) in [6.07, 6.45) is 2.52. The highest BCUT2D eigenvalue weighted by atomic mass is 16.5. The number of ether oxygens (including phenoxy) is 1. The van der Waals surface area contributed by atoms with Gasteiger partial charge in [0, 0.05) is 6.42 Å². The van der Waals surface area contributed by atoms with Crippen LogP contribution in [0.4, 0.5) is 0 Å². The fourth-order valence-electron chi connectivity index (χ4n) is 1.88. The van der Waals surface area contributed by atoms with Crippen molar-refractivity contribution in [2.45, 2.75) is 26.2 Å². The fourth-order valence-corrected chi connectivity index (χ4v) is 1.88. The van der Waals surface area contributed by atoms with Gasteiger partial charge in [0.2, 0.25) is 0 Å². The number of aryl methyl sites for hydroxylation is 2. The van der Waals surface area contributed by atoms with Gasteiger partial charge in [0.1, 0.15) is 5.75 Å². The molecule has 1 heterocycles. The molecule has 0 spiro atoms. The number of hydrogen-bond donors (Lipinski definition) is 1. The third-order valence-corrected chi connectivity index (χ3v) is 2.94. The zero-order valence-electron chi connectivity index (χ0n) is 11.3. The van der Waals surface area contributed by atoms with Crippen molar-refractivity contribution in [3.05, 3.63) is 29.6 Å². The highest BCUT2D eigenvalue weighted by molar-refractivity contribution is 5.43. The van der Waals surface area contributed by atoms with E-state index in [4.69, 9.17) is 10.5 Å². The quantitative estimate of drug-likeness (QED) is 0.843. The molecule has 2 N–H and O–H groups in total. The predicted octanol–water partition coefficient (Wildman–Crippen LogP) is 1.12. The minimum absolute atomic E-state index is 0.636. The third kappa shape index (κ3) is 3.08. The Kier molecular flexibility index (Phi) is 4.46. The summed E-state index contributed by atoms with van der Waals surface area (Å²) in [6.45, 7) is 2.72. The minimum Gasteiger partial charge on any atom is -0.496 e. The lowest BCUT2D eigenvalue weighted by molar-refractivity contribution is 0.410. The number of benzene rings is 1. The normalized spacial score (nSPS) is 10.7. The van der Waals surface area contributed by atoms with Gasteiger partial charge in [0.15, 0.2) is 5.82 Å². The van der Waals surface area contributed by atoms with E-state index in [1.807, 2.05) is 18.2 Å². The smallest absolute Gasteiger partial charge is 0.175 e. The van der Waals surface area contributed by atoms with E-state index in [0.717, 1.165) is 42.1 Å². The van der Waals surface area contributed by atoms with Crippen molar-refractivity contribution >= 4 is 0 Å². The number of methoxy groups -OCH3 is 1. The predicted molar refractivity (Wildman–Crippen MR) is 72.5 cm³/mol. The molecule has 0 aliphatic rings. The Bertz CT molecular complexity index is 538. The van der Waals surface area contributed by atoms with Crippen LogP contribution in [0, 0.1) is 0 Å². The van der Waals surface area contributed by atoms with Crippen LogP contribution >= 0.6 is 0 Å². The summed E-state index contributed by atoms with van der Waals surface area (Å²) in [7, 11) is 1.67. The molecule has 102 valence electrons. The van der Waals surface area contributed by atoms with E-state index in [0.29, 0.717) is 6.54 Å². The van der Waals surface area contributed by atoms with E-state index >= 15 is 0 Å². The molecule has 0 saturated carbocycles. The summed E-state index contributed by atoms with van der Waals surface area (Å²) in [6, 6.07) is 5.87. The molecule has 6 nitrogen and oxygen atoms in total. The minimum atomic E-state index is 0.636. The summed E-state index contributed by atoms with van der Waals surface area (Å²) < 4.78 is 5.31. The van der Waals surface area contributed by atoms with Crippen LogP contribution in [-0.2, 0) is 12.8 Å². The molecule has 0 fully saturated rings. The molecule has 6 heteroatoms. The van der Waals surface area contributed by atoms with E-state index in [-0.39, 0.29) is 0 Å². The lowest BCUT2D eigenvalue weighted by atomic mass is 10.1. The Morgan fingerprint density at radius 3 is 2.89 bits per heavy atom. The number of tetrazole rings is 1. The zero-order chi connectivity index (χ0) is 13.7. The standard InChI is InChI=1S/C13H19N5O/c1-3-10-9-11(6-7-12(10)19-2)18-16-13(15-17-18)5-4-8-14/h6-7,9H,3-5,8,14H2,1-2H3. The van der Waals surface area contributed by atoms with Gasteiger partial charge in [-0.2, -0.15) is 0 Å². The van der Waals surface area contributed by atoms with Crippen molar-refractivity contribution in [1.82, 2.24) is 20.2 Å². The highest BCUT2D eigenvalue weighted by Crippen LogP contribution is 2.21. The maximum absolute atomic E-state index is 5.47. The Labute approximate surface area is 112 Å². The first-order chi connectivity index (χ1) is 9.28. The van der Waals surface area contributed by atoms with Crippen LogP contribution in [0.1, 0.15) is 24.7 Å². The van der Waals surface area contributed by atoms with Crippen molar-refractivity contribution in [2.24, 2.45) is 5.73 Å². The molecule has 2 aromatic rings. The number of rotatable bonds is 6. The van der Waals surface area contributed by atoms with Crippen LogP contribution < -0.4 is 10.5 Å². The van der Waals surface area contributed by atoms with Crippen molar-refractivity contribution in [1.29, 1.82) is 0 Å². The van der Waals surface area contributed by atoms with Crippen LogP contribution in [-0.4, -0.2) is 33.9 Å². The number of hydrogen-bond acceptors (Lipinski definition) is 5. The number of aromatic nitrogens is 4. The number of nitrogens with zero attached hydrogens (tertiary/aromatic N) is 4. The van der Waals surface area contributed by atoms with E-state index in [1.54, 1.807) is 11.9 Å². The van der Waals surface area contributed by atoms with Crippen molar-refractivity contribution in [3.8, 4) is 11.4 Å². The van der Waals surface area contributed by atoms with E-state index in [2.05, 4.69) is 22.3 Å². The Hall–Kier alpha value is -1.95. The lowest BCUT2D eigenvalue weighted by Crippen LogP contribution is -2.03. The first-order valence-corrected chi connectivity index (χ1v) is 6.44. The van der Waals surface area contributed by atoms with Gasteiger partial charge in [-0.3, -0.25) is 0 Å². The van der Waals surface area contributed by atoms with Crippen LogP contribution in [0.5, 0.6) is 5.75 Å². The molecule has 0 unspecified atom stereocenters. The average molecular weight is 261 g/mol. The van der Waals surface area contributed by atoms with Crippen LogP contribution in [0.3, 0.4) is 0 Å². The first kappa shape index (κ1) is 13.5. The second kappa shape index (κ2) is 6.29. The molecule has 0 atom stereocenters. The highest BCUT2D eigenvalue weighted by Gasteiger charge is 2.07. The van der Waals surface area contributed by atoms with Crippen molar-refractivity contribution in [3.63, 3.8) is 0 Å². The van der Waals surface area contributed by atoms with Gasteiger partial charge in [0.05, 0.1) is 12.8 Å². The molecule has 0 bridgehead atoms. The molecule has 0 saturated heterocycles. The second-order valence-electron chi connectivity index (χ2n) is 4.24. The third-order valence-electron chi connectivity index (χ3n) is 2.94. The molecular weight excluding hydrogens is 242 g/mol. The molecule has 0 amide bonds. The monoisotopic (exact) mass is 261 g/mol. The van der Waals surface area contributed by atoms with Crippen LogP contribution in [0.15, 0.2) is 18.2 Å². The maximum atomic E-state index is 5.47. The summed E-state index contributed by atoms with van der Waals surface area (Å²) >= 11 is 0. The average Bonchev–Trinajstić information content (AvgIpc) is 2.93. The van der Waals surface area contributed by atoms with Crippen LogP contribution in [0.2, 0.25) is 0 Å². The summed E-state index contributed by atoms with van der Waals surface area (Å²) in [5.74, 6) is 1.61. The maximum Gasteiger partial charge on any atom is 0.175 e.